The van der Waals surface area contributed by atoms with Gasteiger partial charge in [0.05, 0.1) is 6.54 Å². The molecule has 0 bridgehead atoms. The first kappa shape index (κ1) is 15.8. The summed E-state index contributed by atoms with van der Waals surface area (Å²) in [5, 5.41) is 0. The zero-order valence-corrected chi connectivity index (χ0v) is 14.4. The molecule has 2 aromatic heterocycles. The highest BCUT2D eigenvalue weighted by molar-refractivity contribution is 5.46. The van der Waals surface area contributed by atoms with E-state index in [-0.39, 0.29) is 0 Å². The number of hydrogen-bond donors (Lipinski definition) is 0. The highest BCUT2D eigenvalue weighted by Crippen LogP contribution is 2.21. The number of nitrogens with zero attached hydrogens (tertiary/aromatic N) is 6. The SMILES string of the molecule is CCc1cc(N(C)Cc2nccn2CC)nc(N2CCCC2)n1. The second-order valence-electron chi connectivity index (χ2n) is 6.05. The molecule has 23 heavy (non-hydrogen) atoms. The van der Waals surface area contributed by atoms with Gasteiger partial charge in [0.25, 0.3) is 0 Å². The fourth-order valence-corrected chi connectivity index (χ4v) is 2.98. The third-order valence-electron chi connectivity index (χ3n) is 4.42. The third-order valence-corrected chi connectivity index (χ3v) is 4.42. The summed E-state index contributed by atoms with van der Waals surface area (Å²) in [6.07, 6.45) is 7.28. The largest absolute Gasteiger partial charge is 0.352 e. The number of anilines is 2. The van der Waals surface area contributed by atoms with Crippen LogP contribution in [-0.2, 0) is 19.5 Å². The summed E-state index contributed by atoms with van der Waals surface area (Å²) in [6, 6.07) is 2.10. The predicted octanol–water partition coefficient (Wildman–Crippen LogP) is 2.49. The molecule has 3 heterocycles. The summed E-state index contributed by atoms with van der Waals surface area (Å²) in [5.41, 5.74) is 1.10. The highest BCUT2D eigenvalue weighted by Gasteiger charge is 2.18. The first-order valence-corrected chi connectivity index (χ1v) is 8.55. The maximum Gasteiger partial charge on any atom is 0.227 e. The average Bonchev–Trinajstić information content (AvgIpc) is 3.25. The molecule has 6 heteroatoms. The molecule has 0 aliphatic carbocycles. The second kappa shape index (κ2) is 6.98. The lowest BCUT2D eigenvalue weighted by atomic mass is 10.3. The maximum absolute atomic E-state index is 4.80. The van der Waals surface area contributed by atoms with E-state index in [2.05, 4.69) is 46.3 Å². The monoisotopic (exact) mass is 314 g/mol. The molecule has 0 radical (unpaired) electrons. The van der Waals surface area contributed by atoms with Crippen molar-refractivity contribution in [1.29, 1.82) is 0 Å². The van der Waals surface area contributed by atoms with E-state index in [0.29, 0.717) is 0 Å². The van der Waals surface area contributed by atoms with Gasteiger partial charge < -0.3 is 14.4 Å². The molecule has 0 atom stereocenters. The standard InChI is InChI=1S/C17H26N6/c1-4-14-12-15(20-17(19-14)23-9-6-7-10-23)21(3)13-16-18-8-11-22(16)5-2/h8,11-12H,4-7,9-10,13H2,1-3H3. The first-order chi connectivity index (χ1) is 11.2. The van der Waals surface area contributed by atoms with Gasteiger partial charge in [-0.3, -0.25) is 0 Å². The second-order valence-corrected chi connectivity index (χ2v) is 6.05. The third kappa shape index (κ3) is 3.46. The number of aryl methyl sites for hydroxylation is 2. The summed E-state index contributed by atoms with van der Waals surface area (Å²) >= 11 is 0. The first-order valence-electron chi connectivity index (χ1n) is 8.55. The van der Waals surface area contributed by atoms with E-state index in [1.807, 2.05) is 12.4 Å². The van der Waals surface area contributed by atoms with Gasteiger partial charge in [0.2, 0.25) is 5.95 Å². The van der Waals surface area contributed by atoms with Gasteiger partial charge in [-0.1, -0.05) is 6.92 Å². The lowest BCUT2D eigenvalue weighted by Crippen LogP contribution is -2.25. The van der Waals surface area contributed by atoms with Gasteiger partial charge in [0.1, 0.15) is 11.6 Å². The van der Waals surface area contributed by atoms with Crippen LogP contribution < -0.4 is 9.80 Å². The minimum atomic E-state index is 0.750. The molecule has 0 N–H and O–H groups in total. The molecule has 2 aromatic rings. The molecule has 124 valence electrons. The zero-order valence-electron chi connectivity index (χ0n) is 14.4. The molecule has 1 fully saturated rings. The Bertz CT molecular complexity index is 644. The molecule has 0 amide bonds. The van der Waals surface area contributed by atoms with Gasteiger partial charge in [-0.15, -0.1) is 0 Å². The Labute approximate surface area is 138 Å². The van der Waals surface area contributed by atoms with Crippen molar-refractivity contribution in [3.05, 3.63) is 30.0 Å². The van der Waals surface area contributed by atoms with Crippen LogP contribution in [0.4, 0.5) is 11.8 Å². The van der Waals surface area contributed by atoms with Crippen LogP contribution in [0.25, 0.3) is 0 Å². The molecule has 0 unspecified atom stereocenters. The van der Waals surface area contributed by atoms with Crippen molar-refractivity contribution in [2.75, 3.05) is 29.9 Å². The van der Waals surface area contributed by atoms with Crippen LogP contribution in [0.15, 0.2) is 18.5 Å². The molecule has 1 saturated heterocycles. The fourth-order valence-electron chi connectivity index (χ4n) is 2.98. The molecule has 1 aliphatic rings. The summed E-state index contributed by atoms with van der Waals surface area (Å²) in [6.45, 7) is 8.10. The van der Waals surface area contributed by atoms with Crippen LogP contribution in [-0.4, -0.2) is 39.7 Å². The normalized spacial score (nSPS) is 14.5. The Balaban J connectivity index is 1.84. The van der Waals surface area contributed by atoms with E-state index < -0.39 is 0 Å². The van der Waals surface area contributed by atoms with E-state index in [4.69, 9.17) is 9.97 Å². The average molecular weight is 314 g/mol. The predicted molar refractivity (Wildman–Crippen MR) is 92.9 cm³/mol. The van der Waals surface area contributed by atoms with Crippen LogP contribution in [0.2, 0.25) is 0 Å². The van der Waals surface area contributed by atoms with E-state index in [0.717, 1.165) is 55.9 Å². The van der Waals surface area contributed by atoms with E-state index in [9.17, 15) is 0 Å². The van der Waals surface area contributed by atoms with Crippen LogP contribution in [0, 0.1) is 0 Å². The summed E-state index contributed by atoms with van der Waals surface area (Å²) < 4.78 is 2.17. The Hall–Kier alpha value is -2.11. The van der Waals surface area contributed by atoms with Gasteiger partial charge in [-0.2, -0.15) is 4.98 Å². The molecule has 0 spiro atoms. The van der Waals surface area contributed by atoms with Gasteiger partial charge in [-0.05, 0) is 26.2 Å². The summed E-state index contributed by atoms with van der Waals surface area (Å²) in [4.78, 5) is 18.4. The van der Waals surface area contributed by atoms with Crippen LogP contribution >= 0.6 is 0 Å². The molecular weight excluding hydrogens is 288 g/mol. The molecule has 1 aliphatic heterocycles. The summed E-state index contributed by atoms with van der Waals surface area (Å²) in [5.74, 6) is 2.92. The number of hydrogen-bond acceptors (Lipinski definition) is 5. The molecule has 6 nitrogen and oxygen atoms in total. The number of aromatic nitrogens is 4. The Morgan fingerprint density at radius 1 is 1.17 bits per heavy atom. The molecular formula is C17H26N6. The molecule has 0 saturated carbocycles. The zero-order chi connectivity index (χ0) is 16.2. The minimum Gasteiger partial charge on any atom is -0.352 e. The minimum absolute atomic E-state index is 0.750. The van der Waals surface area contributed by atoms with Gasteiger partial charge in [0, 0.05) is 50.8 Å². The number of rotatable bonds is 6. The van der Waals surface area contributed by atoms with Crippen molar-refractivity contribution in [3.63, 3.8) is 0 Å². The fraction of sp³-hybridized carbons (Fsp3) is 0.588. The lowest BCUT2D eigenvalue weighted by Gasteiger charge is -2.22. The quantitative estimate of drug-likeness (QED) is 0.820. The van der Waals surface area contributed by atoms with Crippen LogP contribution in [0.5, 0.6) is 0 Å². The molecule has 0 aromatic carbocycles. The van der Waals surface area contributed by atoms with Crippen molar-refractivity contribution in [2.24, 2.45) is 0 Å². The van der Waals surface area contributed by atoms with E-state index >= 15 is 0 Å². The smallest absolute Gasteiger partial charge is 0.227 e. The van der Waals surface area contributed by atoms with Crippen LogP contribution in [0.3, 0.4) is 0 Å². The van der Waals surface area contributed by atoms with Crippen molar-refractivity contribution in [2.45, 2.75) is 46.2 Å². The Morgan fingerprint density at radius 3 is 2.65 bits per heavy atom. The highest BCUT2D eigenvalue weighted by atomic mass is 15.3. The van der Waals surface area contributed by atoms with Crippen LogP contribution in [0.1, 0.15) is 38.2 Å². The van der Waals surface area contributed by atoms with Gasteiger partial charge in [-0.25, -0.2) is 9.97 Å². The maximum atomic E-state index is 4.80. The molecule has 3 rings (SSSR count). The van der Waals surface area contributed by atoms with Crippen molar-refractivity contribution < 1.29 is 0 Å². The lowest BCUT2D eigenvalue weighted by molar-refractivity contribution is 0.682. The van der Waals surface area contributed by atoms with Crippen molar-refractivity contribution >= 4 is 11.8 Å². The van der Waals surface area contributed by atoms with Gasteiger partial charge in [0.15, 0.2) is 0 Å². The van der Waals surface area contributed by atoms with Crippen molar-refractivity contribution in [3.8, 4) is 0 Å². The summed E-state index contributed by atoms with van der Waals surface area (Å²) in [7, 11) is 2.07. The Morgan fingerprint density at radius 2 is 1.96 bits per heavy atom. The van der Waals surface area contributed by atoms with Gasteiger partial charge >= 0.3 is 0 Å². The van der Waals surface area contributed by atoms with Crippen molar-refractivity contribution in [1.82, 2.24) is 19.5 Å². The van der Waals surface area contributed by atoms with E-state index in [1.54, 1.807) is 0 Å². The topological polar surface area (TPSA) is 50.1 Å². The van der Waals surface area contributed by atoms with E-state index in [1.165, 1.54) is 12.8 Å². The Kier molecular flexibility index (Phi) is 4.79. The number of imidazole rings is 1.